The molecule has 0 spiro atoms. The smallest absolute Gasteiger partial charge is 0.287 e. The molecular formula is C19H22N2O5. The van der Waals surface area contributed by atoms with Gasteiger partial charge in [0, 0.05) is 25.3 Å². The van der Waals surface area contributed by atoms with Crippen molar-refractivity contribution in [3.63, 3.8) is 0 Å². The molecule has 2 heterocycles. The molecule has 3 rings (SSSR count). The number of rotatable bonds is 8. The van der Waals surface area contributed by atoms with Crippen LogP contribution in [0.25, 0.3) is 0 Å². The highest BCUT2D eigenvalue weighted by molar-refractivity contribution is 5.94. The van der Waals surface area contributed by atoms with E-state index in [2.05, 4.69) is 10.6 Å². The lowest BCUT2D eigenvalue weighted by Gasteiger charge is -2.12. The second kappa shape index (κ2) is 9.05. The monoisotopic (exact) mass is 358 g/mol. The predicted octanol–water partition coefficient (Wildman–Crippen LogP) is 2.00. The fourth-order valence-electron chi connectivity index (χ4n) is 2.64. The van der Waals surface area contributed by atoms with Gasteiger partial charge in [0.05, 0.1) is 12.4 Å². The van der Waals surface area contributed by atoms with Crippen LogP contribution < -0.4 is 15.4 Å². The normalized spacial score (nSPS) is 16.2. The lowest BCUT2D eigenvalue weighted by atomic mass is 10.2. The zero-order valence-electron chi connectivity index (χ0n) is 14.4. The Labute approximate surface area is 151 Å². The van der Waals surface area contributed by atoms with Gasteiger partial charge in [-0.3, -0.25) is 9.59 Å². The summed E-state index contributed by atoms with van der Waals surface area (Å²) in [7, 11) is 0. The molecule has 1 saturated heterocycles. The Balaban J connectivity index is 1.41. The zero-order valence-corrected chi connectivity index (χ0v) is 14.4. The van der Waals surface area contributed by atoms with Crippen molar-refractivity contribution in [2.24, 2.45) is 0 Å². The number of amides is 2. The SMILES string of the molecule is O=C(NCCNC(=O)c1ccco1)c1cccc(OCC2CCCO2)c1. The number of hydrogen-bond acceptors (Lipinski definition) is 5. The molecule has 2 aromatic rings. The summed E-state index contributed by atoms with van der Waals surface area (Å²) >= 11 is 0. The highest BCUT2D eigenvalue weighted by Crippen LogP contribution is 2.17. The van der Waals surface area contributed by atoms with Gasteiger partial charge in [-0.2, -0.15) is 0 Å². The van der Waals surface area contributed by atoms with Crippen LogP contribution in [-0.4, -0.2) is 44.2 Å². The Bertz CT molecular complexity index is 723. The van der Waals surface area contributed by atoms with Crippen molar-refractivity contribution in [3.8, 4) is 5.75 Å². The molecule has 7 heteroatoms. The minimum absolute atomic E-state index is 0.130. The summed E-state index contributed by atoms with van der Waals surface area (Å²) in [5.41, 5.74) is 0.507. The van der Waals surface area contributed by atoms with E-state index >= 15 is 0 Å². The third-order valence-electron chi connectivity index (χ3n) is 4.00. The molecule has 0 radical (unpaired) electrons. The van der Waals surface area contributed by atoms with Crippen LogP contribution >= 0.6 is 0 Å². The third kappa shape index (κ3) is 5.10. The minimum atomic E-state index is -0.311. The number of carbonyl (C=O) groups excluding carboxylic acids is 2. The molecule has 1 atom stereocenters. The molecule has 1 aliphatic heterocycles. The average Bonchev–Trinajstić information content (AvgIpc) is 3.37. The quantitative estimate of drug-likeness (QED) is 0.705. The van der Waals surface area contributed by atoms with Crippen molar-refractivity contribution in [1.29, 1.82) is 0 Å². The first-order valence-electron chi connectivity index (χ1n) is 8.67. The van der Waals surface area contributed by atoms with E-state index in [9.17, 15) is 9.59 Å². The number of benzene rings is 1. The maximum Gasteiger partial charge on any atom is 0.287 e. The van der Waals surface area contributed by atoms with Crippen LogP contribution in [0.5, 0.6) is 5.75 Å². The van der Waals surface area contributed by atoms with E-state index in [-0.39, 0.29) is 23.7 Å². The summed E-state index contributed by atoms with van der Waals surface area (Å²) in [6.45, 7) is 1.89. The second-order valence-electron chi connectivity index (χ2n) is 5.96. The van der Waals surface area contributed by atoms with Crippen molar-refractivity contribution in [2.75, 3.05) is 26.3 Å². The summed E-state index contributed by atoms with van der Waals surface area (Å²) in [5, 5.41) is 5.43. The topological polar surface area (TPSA) is 89.8 Å². The van der Waals surface area contributed by atoms with Crippen LogP contribution in [0.4, 0.5) is 0 Å². The third-order valence-corrected chi connectivity index (χ3v) is 4.00. The Morgan fingerprint density at radius 3 is 2.69 bits per heavy atom. The van der Waals surface area contributed by atoms with Crippen LogP contribution in [0.15, 0.2) is 47.1 Å². The molecule has 0 bridgehead atoms. The summed E-state index contributed by atoms with van der Waals surface area (Å²) in [4.78, 5) is 23.9. The first-order chi connectivity index (χ1) is 12.7. The molecule has 7 nitrogen and oxygen atoms in total. The number of nitrogens with one attached hydrogen (secondary N) is 2. The first kappa shape index (κ1) is 18.0. The molecule has 0 aliphatic carbocycles. The van der Waals surface area contributed by atoms with E-state index in [1.165, 1.54) is 6.26 Å². The van der Waals surface area contributed by atoms with E-state index in [1.807, 2.05) is 6.07 Å². The van der Waals surface area contributed by atoms with Gasteiger partial charge in [-0.1, -0.05) is 6.07 Å². The van der Waals surface area contributed by atoms with Gasteiger partial charge in [0.1, 0.15) is 12.4 Å². The summed E-state index contributed by atoms with van der Waals surface area (Å²) < 4.78 is 16.2. The van der Waals surface area contributed by atoms with Crippen molar-refractivity contribution in [3.05, 3.63) is 54.0 Å². The van der Waals surface area contributed by atoms with Gasteiger partial charge in [-0.15, -0.1) is 0 Å². The molecule has 138 valence electrons. The van der Waals surface area contributed by atoms with Crippen LogP contribution in [0.3, 0.4) is 0 Å². The standard InChI is InChI=1S/C19H22N2O5/c22-18(20-8-9-21-19(23)17-7-3-11-25-17)14-4-1-5-15(12-14)26-13-16-6-2-10-24-16/h1,3-5,7,11-12,16H,2,6,8-10,13H2,(H,20,22)(H,21,23). The van der Waals surface area contributed by atoms with E-state index < -0.39 is 0 Å². The number of carbonyl (C=O) groups is 2. The van der Waals surface area contributed by atoms with Crippen LogP contribution in [-0.2, 0) is 4.74 Å². The Morgan fingerprint density at radius 2 is 1.96 bits per heavy atom. The van der Waals surface area contributed by atoms with Crippen molar-refractivity contribution >= 4 is 11.8 Å². The molecule has 1 aromatic carbocycles. The highest BCUT2D eigenvalue weighted by Gasteiger charge is 2.16. The fourth-order valence-corrected chi connectivity index (χ4v) is 2.64. The second-order valence-corrected chi connectivity index (χ2v) is 5.96. The van der Waals surface area contributed by atoms with Gasteiger partial charge in [0.25, 0.3) is 11.8 Å². The summed E-state index contributed by atoms with van der Waals surface area (Å²) in [6.07, 6.45) is 3.63. The van der Waals surface area contributed by atoms with Crippen molar-refractivity contribution < 1.29 is 23.5 Å². The van der Waals surface area contributed by atoms with Gasteiger partial charge in [-0.25, -0.2) is 0 Å². The van der Waals surface area contributed by atoms with E-state index in [4.69, 9.17) is 13.9 Å². The molecule has 1 aromatic heterocycles. The van der Waals surface area contributed by atoms with Gasteiger partial charge in [-0.05, 0) is 43.2 Å². The fraction of sp³-hybridized carbons (Fsp3) is 0.368. The summed E-state index contributed by atoms with van der Waals surface area (Å²) in [5.74, 6) is 0.347. The minimum Gasteiger partial charge on any atom is -0.491 e. The van der Waals surface area contributed by atoms with Gasteiger partial charge < -0.3 is 24.5 Å². The van der Waals surface area contributed by atoms with Gasteiger partial charge >= 0.3 is 0 Å². The largest absolute Gasteiger partial charge is 0.491 e. The van der Waals surface area contributed by atoms with E-state index in [0.717, 1.165) is 19.4 Å². The number of hydrogen-bond donors (Lipinski definition) is 2. The Hall–Kier alpha value is -2.80. The average molecular weight is 358 g/mol. The maximum absolute atomic E-state index is 12.2. The zero-order chi connectivity index (χ0) is 18.2. The van der Waals surface area contributed by atoms with E-state index in [0.29, 0.717) is 31.0 Å². The van der Waals surface area contributed by atoms with E-state index in [1.54, 1.807) is 30.3 Å². The van der Waals surface area contributed by atoms with Crippen molar-refractivity contribution in [2.45, 2.75) is 18.9 Å². The number of ether oxygens (including phenoxy) is 2. The summed E-state index contributed by atoms with van der Waals surface area (Å²) in [6, 6.07) is 10.2. The predicted molar refractivity (Wildman–Crippen MR) is 94.3 cm³/mol. The molecule has 1 aliphatic rings. The van der Waals surface area contributed by atoms with Crippen LogP contribution in [0.1, 0.15) is 33.8 Å². The molecule has 1 fully saturated rings. The van der Waals surface area contributed by atoms with Crippen LogP contribution in [0.2, 0.25) is 0 Å². The molecule has 2 N–H and O–H groups in total. The first-order valence-corrected chi connectivity index (χ1v) is 8.67. The molecule has 1 unspecified atom stereocenters. The van der Waals surface area contributed by atoms with Crippen molar-refractivity contribution in [1.82, 2.24) is 10.6 Å². The van der Waals surface area contributed by atoms with Crippen LogP contribution in [0, 0.1) is 0 Å². The highest BCUT2D eigenvalue weighted by atomic mass is 16.5. The van der Waals surface area contributed by atoms with Gasteiger partial charge in [0.15, 0.2) is 5.76 Å². The Morgan fingerprint density at radius 1 is 1.12 bits per heavy atom. The van der Waals surface area contributed by atoms with Gasteiger partial charge in [0.2, 0.25) is 0 Å². The molecule has 2 amide bonds. The molecular weight excluding hydrogens is 336 g/mol. The molecule has 26 heavy (non-hydrogen) atoms. The lowest BCUT2D eigenvalue weighted by molar-refractivity contribution is 0.0679. The molecule has 0 saturated carbocycles. The Kier molecular flexibility index (Phi) is 6.27. The number of furan rings is 1. The lowest BCUT2D eigenvalue weighted by Crippen LogP contribution is -2.34. The maximum atomic E-state index is 12.2.